The van der Waals surface area contributed by atoms with Crippen molar-refractivity contribution in [3.8, 4) is 0 Å². The Hall–Kier alpha value is -1.10. The Labute approximate surface area is 76.9 Å². The van der Waals surface area contributed by atoms with Crippen molar-refractivity contribution in [2.45, 2.75) is 38.8 Å². The largest absolute Gasteiger partial charge is 0.481 e. The summed E-state index contributed by atoms with van der Waals surface area (Å²) in [5.41, 5.74) is 5.27. The van der Waals surface area contributed by atoms with E-state index in [0.717, 1.165) is 0 Å². The van der Waals surface area contributed by atoms with Crippen molar-refractivity contribution in [1.82, 2.24) is 0 Å². The lowest BCUT2D eigenvalue weighted by molar-refractivity contribution is -0.153. The number of aliphatic carboxylic acids is 1. The van der Waals surface area contributed by atoms with Crippen LogP contribution < -0.4 is 5.73 Å². The maximum Gasteiger partial charge on any atom is 0.323 e. The van der Waals surface area contributed by atoms with E-state index in [1.807, 2.05) is 6.92 Å². The summed E-state index contributed by atoms with van der Waals surface area (Å²) >= 11 is 0. The highest BCUT2D eigenvalue weighted by molar-refractivity contribution is 5.81. The quantitative estimate of drug-likeness (QED) is 0.600. The van der Waals surface area contributed by atoms with Crippen LogP contribution in [0, 0.1) is 0 Å². The van der Waals surface area contributed by atoms with Gasteiger partial charge in [0.25, 0.3) is 0 Å². The van der Waals surface area contributed by atoms with Gasteiger partial charge in [0, 0.05) is 0 Å². The first kappa shape index (κ1) is 11.9. The third-order valence-electron chi connectivity index (χ3n) is 1.59. The van der Waals surface area contributed by atoms with Gasteiger partial charge in [0.15, 0.2) is 0 Å². The minimum atomic E-state index is -1.10. The van der Waals surface area contributed by atoms with E-state index in [4.69, 9.17) is 15.6 Å². The molecule has 0 aliphatic carbocycles. The maximum absolute atomic E-state index is 11.0. The van der Waals surface area contributed by atoms with Gasteiger partial charge in [-0.1, -0.05) is 6.92 Å². The van der Waals surface area contributed by atoms with E-state index in [1.165, 1.54) is 0 Å². The monoisotopic (exact) mass is 189 g/mol. The number of carbonyl (C=O) groups excluding carboxylic acids is 1. The highest BCUT2D eigenvalue weighted by Gasteiger charge is 2.19. The van der Waals surface area contributed by atoms with Crippen LogP contribution >= 0.6 is 0 Å². The first-order chi connectivity index (χ1) is 5.97. The predicted molar refractivity (Wildman–Crippen MR) is 46.1 cm³/mol. The average Bonchev–Trinajstić information content (AvgIpc) is 2.02. The number of rotatable bonds is 5. The normalized spacial score (nSPS) is 14.7. The molecule has 0 aromatic rings. The minimum absolute atomic E-state index is 0.215. The van der Waals surface area contributed by atoms with E-state index in [9.17, 15) is 9.59 Å². The first-order valence-corrected chi connectivity index (χ1v) is 4.15. The van der Waals surface area contributed by atoms with Crippen molar-refractivity contribution in [2.75, 3.05) is 0 Å². The molecule has 0 rings (SSSR count). The number of esters is 1. The second kappa shape index (κ2) is 5.53. The van der Waals surface area contributed by atoms with Gasteiger partial charge < -0.3 is 15.6 Å². The third-order valence-corrected chi connectivity index (χ3v) is 1.59. The lowest BCUT2D eigenvalue weighted by Crippen LogP contribution is -2.36. The molecule has 0 saturated heterocycles. The molecule has 76 valence electrons. The molecule has 0 radical (unpaired) electrons. The zero-order chi connectivity index (χ0) is 10.4. The molecule has 0 aromatic heterocycles. The summed E-state index contributed by atoms with van der Waals surface area (Å²) in [7, 11) is 0. The lowest BCUT2D eigenvalue weighted by Gasteiger charge is -2.13. The summed E-state index contributed by atoms with van der Waals surface area (Å²) in [5, 5.41) is 8.34. The molecule has 5 nitrogen and oxygen atoms in total. The Bertz CT molecular complexity index is 193. The first-order valence-electron chi connectivity index (χ1n) is 4.15. The van der Waals surface area contributed by atoms with Crippen LogP contribution in [0.1, 0.15) is 26.7 Å². The number of hydrogen-bond acceptors (Lipinski definition) is 4. The summed E-state index contributed by atoms with van der Waals surface area (Å²) in [4.78, 5) is 21.2. The van der Waals surface area contributed by atoms with Crippen molar-refractivity contribution >= 4 is 11.9 Å². The van der Waals surface area contributed by atoms with E-state index >= 15 is 0 Å². The topological polar surface area (TPSA) is 89.6 Å². The Kier molecular flexibility index (Phi) is 5.06. The van der Waals surface area contributed by atoms with Crippen molar-refractivity contribution in [3.05, 3.63) is 0 Å². The van der Waals surface area contributed by atoms with Crippen LogP contribution in [0.25, 0.3) is 0 Å². The second-order valence-corrected chi connectivity index (χ2v) is 2.86. The van der Waals surface area contributed by atoms with Gasteiger partial charge in [-0.15, -0.1) is 0 Å². The van der Waals surface area contributed by atoms with Crippen molar-refractivity contribution in [2.24, 2.45) is 5.73 Å². The molecule has 0 fully saturated rings. The SMILES string of the molecule is CCC(C)OC(=O)C(N)CC(=O)O. The minimum Gasteiger partial charge on any atom is -0.481 e. The second-order valence-electron chi connectivity index (χ2n) is 2.86. The van der Waals surface area contributed by atoms with E-state index in [2.05, 4.69) is 0 Å². The molecule has 0 heterocycles. The molecule has 0 amide bonds. The Morgan fingerprint density at radius 2 is 2.08 bits per heavy atom. The summed E-state index contributed by atoms with van der Waals surface area (Å²) in [6.07, 6.45) is 0.0770. The summed E-state index contributed by atoms with van der Waals surface area (Å²) in [6.45, 7) is 3.59. The fourth-order valence-corrected chi connectivity index (χ4v) is 0.640. The van der Waals surface area contributed by atoms with Gasteiger partial charge in [-0.05, 0) is 13.3 Å². The molecule has 0 aliphatic rings. The summed E-state index contributed by atoms with van der Waals surface area (Å²) in [6, 6.07) is -1.06. The van der Waals surface area contributed by atoms with Crippen LogP contribution in [0.3, 0.4) is 0 Å². The highest BCUT2D eigenvalue weighted by Crippen LogP contribution is 2.00. The molecule has 2 atom stereocenters. The number of ether oxygens (including phenoxy) is 1. The third kappa shape index (κ3) is 5.19. The molecular formula is C8H15NO4. The molecule has 5 heteroatoms. The number of carboxylic acids is 1. The van der Waals surface area contributed by atoms with Gasteiger partial charge in [0.1, 0.15) is 6.04 Å². The van der Waals surface area contributed by atoms with E-state index in [1.54, 1.807) is 6.92 Å². The van der Waals surface area contributed by atoms with Gasteiger partial charge in [-0.3, -0.25) is 9.59 Å². The molecule has 0 bridgehead atoms. The fraction of sp³-hybridized carbons (Fsp3) is 0.750. The number of carboxylic acid groups (broad SMARTS) is 1. The van der Waals surface area contributed by atoms with Gasteiger partial charge in [0.05, 0.1) is 12.5 Å². The van der Waals surface area contributed by atoms with E-state index in [0.29, 0.717) is 6.42 Å². The molecule has 0 saturated carbocycles. The summed E-state index contributed by atoms with van der Waals surface area (Å²) in [5.74, 6) is -1.76. The molecular weight excluding hydrogens is 174 g/mol. The number of nitrogens with two attached hydrogens (primary N) is 1. The number of hydrogen-bond donors (Lipinski definition) is 2. The zero-order valence-corrected chi connectivity index (χ0v) is 7.82. The number of carbonyl (C=O) groups is 2. The molecule has 2 unspecified atom stereocenters. The van der Waals surface area contributed by atoms with Crippen LogP contribution in [0.15, 0.2) is 0 Å². The maximum atomic E-state index is 11.0. The Morgan fingerprint density at radius 1 is 1.54 bits per heavy atom. The van der Waals surface area contributed by atoms with Gasteiger partial charge >= 0.3 is 11.9 Å². The van der Waals surface area contributed by atoms with Gasteiger partial charge in [-0.2, -0.15) is 0 Å². The van der Waals surface area contributed by atoms with Crippen LogP contribution in [0.4, 0.5) is 0 Å². The molecule has 3 N–H and O–H groups in total. The van der Waals surface area contributed by atoms with Crippen LogP contribution in [0.5, 0.6) is 0 Å². The average molecular weight is 189 g/mol. The Balaban J connectivity index is 3.89. The van der Waals surface area contributed by atoms with Gasteiger partial charge in [-0.25, -0.2) is 0 Å². The van der Waals surface area contributed by atoms with Crippen molar-refractivity contribution < 1.29 is 19.4 Å². The lowest BCUT2D eigenvalue weighted by atomic mass is 10.2. The zero-order valence-electron chi connectivity index (χ0n) is 7.82. The van der Waals surface area contributed by atoms with Crippen LogP contribution in [0.2, 0.25) is 0 Å². The highest BCUT2D eigenvalue weighted by atomic mass is 16.5. The molecule has 0 spiro atoms. The van der Waals surface area contributed by atoms with Crippen molar-refractivity contribution in [1.29, 1.82) is 0 Å². The summed E-state index contributed by atoms with van der Waals surface area (Å²) < 4.78 is 4.83. The van der Waals surface area contributed by atoms with E-state index < -0.39 is 24.4 Å². The van der Waals surface area contributed by atoms with E-state index in [-0.39, 0.29) is 6.10 Å². The molecule has 0 aliphatic heterocycles. The Morgan fingerprint density at radius 3 is 2.46 bits per heavy atom. The standard InChI is InChI=1S/C8H15NO4/c1-3-5(2)13-8(12)6(9)4-7(10)11/h5-6H,3-4,9H2,1-2H3,(H,10,11). The fourth-order valence-electron chi connectivity index (χ4n) is 0.640. The van der Waals surface area contributed by atoms with Crippen LogP contribution in [-0.4, -0.2) is 29.2 Å². The van der Waals surface area contributed by atoms with Crippen molar-refractivity contribution in [3.63, 3.8) is 0 Å². The molecule has 13 heavy (non-hydrogen) atoms. The van der Waals surface area contributed by atoms with Gasteiger partial charge in [0.2, 0.25) is 0 Å². The molecule has 0 aromatic carbocycles. The van der Waals surface area contributed by atoms with Crippen LogP contribution in [-0.2, 0) is 14.3 Å². The predicted octanol–water partition coefficient (Wildman–Crippen LogP) is 0.130. The smallest absolute Gasteiger partial charge is 0.323 e.